The van der Waals surface area contributed by atoms with Crippen molar-refractivity contribution in [2.24, 2.45) is 0 Å². The summed E-state index contributed by atoms with van der Waals surface area (Å²) in [5.41, 5.74) is 4.10. The summed E-state index contributed by atoms with van der Waals surface area (Å²) in [5, 5.41) is 8.29. The largest absolute Gasteiger partial charge is 0.282 e. The molecule has 1 aromatic carbocycles. The Bertz CT molecular complexity index is 626. The van der Waals surface area contributed by atoms with Crippen molar-refractivity contribution in [1.29, 1.82) is 0 Å². The topological polar surface area (TPSA) is 41.6 Å². The van der Waals surface area contributed by atoms with E-state index in [1.807, 2.05) is 49.5 Å². The van der Waals surface area contributed by atoms with Gasteiger partial charge in [-0.05, 0) is 13.0 Å². The van der Waals surface area contributed by atoms with Gasteiger partial charge in [0.15, 0.2) is 0 Å². The number of aryl methyl sites for hydroxylation is 1. The highest BCUT2D eigenvalue weighted by Gasteiger charge is 2.04. The first-order valence-electron chi connectivity index (χ1n) is 5.21. The number of aromatic nitrogens is 3. The Balaban J connectivity index is 2.19. The van der Waals surface area contributed by atoms with Crippen LogP contribution in [-0.4, -0.2) is 15.2 Å². The zero-order chi connectivity index (χ0) is 11.0. The molecular formula is C13H11N3. The Morgan fingerprint density at radius 3 is 2.75 bits per heavy atom. The number of hydrogen-bond donors (Lipinski definition) is 1. The third-order valence-corrected chi connectivity index (χ3v) is 2.70. The summed E-state index contributed by atoms with van der Waals surface area (Å²) in [5.74, 6) is 0. The molecule has 0 amide bonds. The lowest BCUT2D eigenvalue weighted by Crippen LogP contribution is -1.82. The molecule has 3 nitrogen and oxygen atoms in total. The van der Waals surface area contributed by atoms with Gasteiger partial charge in [0.2, 0.25) is 0 Å². The van der Waals surface area contributed by atoms with Gasteiger partial charge >= 0.3 is 0 Å². The standard InChI is InChI=1S/C13H11N3/c1-9-11-8-14-12(7-13(11)16-15-9)10-5-3-2-4-6-10/h2-8H,1H3,(H,15,16). The van der Waals surface area contributed by atoms with Crippen LogP contribution in [0.4, 0.5) is 0 Å². The van der Waals surface area contributed by atoms with Crippen LogP contribution in [0.25, 0.3) is 22.2 Å². The van der Waals surface area contributed by atoms with Crippen LogP contribution in [0.1, 0.15) is 5.69 Å². The fourth-order valence-corrected chi connectivity index (χ4v) is 1.80. The van der Waals surface area contributed by atoms with Gasteiger partial charge in [0.25, 0.3) is 0 Å². The predicted octanol–water partition coefficient (Wildman–Crippen LogP) is 2.93. The number of nitrogens with zero attached hydrogens (tertiary/aromatic N) is 2. The third-order valence-electron chi connectivity index (χ3n) is 2.70. The molecule has 3 rings (SSSR count). The van der Waals surface area contributed by atoms with Gasteiger partial charge < -0.3 is 0 Å². The van der Waals surface area contributed by atoms with E-state index in [0.717, 1.165) is 27.9 Å². The number of H-pyrrole nitrogens is 1. The molecule has 0 aliphatic heterocycles. The second-order valence-electron chi connectivity index (χ2n) is 3.80. The highest BCUT2D eigenvalue weighted by atomic mass is 15.1. The van der Waals surface area contributed by atoms with E-state index < -0.39 is 0 Å². The molecular weight excluding hydrogens is 198 g/mol. The molecule has 0 fully saturated rings. The van der Waals surface area contributed by atoms with E-state index in [0.29, 0.717) is 0 Å². The van der Waals surface area contributed by atoms with Gasteiger partial charge in [-0.3, -0.25) is 10.1 Å². The van der Waals surface area contributed by atoms with E-state index in [1.54, 1.807) is 0 Å². The fourth-order valence-electron chi connectivity index (χ4n) is 1.80. The highest BCUT2D eigenvalue weighted by Crippen LogP contribution is 2.21. The Morgan fingerprint density at radius 1 is 1.12 bits per heavy atom. The second kappa shape index (κ2) is 3.45. The Kier molecular flexibility index (Phi) is 1.96. The van der Waals surface area contributed by atoms with Gasteiger partial charge in [-0.25, -0.2) is 0 Å². The van der Waals surface area contributed by atoms with Crippen LogP contribution in [-0.2, 0) is 0 Å². The summed E-state index contributed by atoms with van der Waals surface area (Å²) in [4.78, 5) is 4.45. The van der Waals surface area contributed by atoms with Crippen molar-refractivity contribution < 1.29 is 0 Å². The normalized spacial score (nSPS) is 10.8. The number of fused-ring (bicyclic) bond motifs is 1. The maximum absolute atomic E-state index is 4.45. The first kappa shape index (κ1) is 9.09. The van der Waals surface area contributed by atoms with Gasteiger partial charge in [-0.2, -0.15) is 5.10 Å². The molecule has 0 aliphatic carbocycles. The quantitative estimate of drug-likeness (QED) is 0.669. The van der Waals surface area contributed by atoms with E-state index in [1.165, 1.54) is 0 Å². The summed E-state index contributed by atoms with van der Waals surface area (Å²) >= 11 is 0. The molecule has 3 heteroatoms. The maximum atomic E-state index is 4.45. The number of nitrogens with one attached hydrogen (secondary N) is 1. The molecule has 1 N–H and O–H groups in total. The van der Waals surface area contributed by atoms with Gasteiger partial charge in [-0.1, -0.05) is 30.3 Å². The summed E-state index contributed by atoms with van der Waals surface area (Å²) in [6.07, 6.45) is 1.87. The highest BCUT2D eigenvalue weighted by molar-refractivity contribution is 5.83. The second-order valence-corrected chi connectivity index (χ2v) is 3.80. The molecule has 2 aromatic heterocycles. The van der Waals surface area contributed by atoms with Crippen LogP contribution < -0.4 is 0 Å². The molecule has 0 atom stereocenters. The summed E-state index contributed by atoms with van der Waals surface area (Å²) in [6.45, 7) is 2.00. The molecule has 0 unspecified atom stereocenters. The lowest BCUT2D eigenvalue weighted by atomic mass is 10.1. The maximum Gasteiger partial charge on any atom is 0.0960 e. The molecule has 0 bridgehead atoms. The SMILES string of the molecule is Cc1[nH]nc2cc(-c3ccccc3)ncc12. The molecule has 0 spiro atoms. The predicted molar refractivity (Wildman–Crippen MR) is 64.1 cm³/mol. The van der Waals surface area contributed by atoms with E-state index in [4.69, 9.17) is 0 Å². The van der Waals surface area contributed by atoms with Crippen LogP contribution in [0.15, 0.2) is 42.6 Å². The Morgan fingerprint density at radius 2 is 1.94 bits per heavy atom. The van der Waals surface area contributed by atoms with Crippen LogP contribution in [0.2, 0.25) is 0 Å². The molecule has 0 saturated carbocycles. The van der Waals surface area contributed by atoms with Crippen LogP contribution in [0.5, 0.6) is 0 Å². The molecule has 0 radical (unpaired) electrons. The van der Waals surface area contributed by atoms with Crippen LogP contribution in [0.3, 0.4) is 0 Å². The Hall–Kier alpha value is -2.16. The zero-order valence-electron chi connectivity index (χ0n) is 8.94. The zero-order valence-corrected chi connectivity index (χ0v) is 8.94. The lowest BCUT2D eigenvalue weighted by molar-refractivity contribution is 1.07. The first-order chi connectivity index (χ1) is 7.84. The first-order valence-corrected chi connectivity index (χ1v) is 5.21. The lowest BCUT2D eigenvalue weighted by Gasteiger charge is -1.99. The van der Waals surface area contributed by atoms with Gasteiger partial charge in [0, 0.05) is 22.8 Å². The van der Waals surface area contributed by atoms with Gasteiger partial charge in [-0.15, -0.1) is 0 Å². The van der Waals surface area contributed by atoms with Gasteiger partial charge in [0.1, 0.15) is 0 Å². The third kappa shape index (κ3) is 1.37. The number of pyridine rings is 1. The minimum atomic E-state index is 0.958. The van der Waals surface area contributed by atoms with E-state index in [9.17, 15) is 0 Å². The van der Waals surface area contributed by atoms with Crippen molar-refractivity contribution >= 4 is 10.9 Å². The van der Waals surface area contributed by atoms with Crippen molar-refractivity contribution in [3.8, 4) is 11.3 Å². The summed E-state index contributed by atoms with van der Waals surface area (Å²) in [7, 11) is 0. The summed E-state index contributed by atoms with van der Waals surface area (Å²) in [6, 6.07) is 12.1. The molecule has 78 valence electrons. The van der Waals surface area contributed by atoms with Crippen LogP contribution >= 0.6 is 0 Å². The van der Waals surface area contributed by atoms with Crippen LogP contribution in [0, 0.1) is 6.92 Å². The van der Waals surface area contributed by atoms with Gasteiger partial charge in [0.05, 0.1) is 11.2 Å². The van der Waals surface area contributed by atoms with Crippen molar-refractivity contribution in [2.45, 2.75) is 6.92 Å². The number of benzene rings is 1. The van der Waals surface area contributed by atoms with Crippen molar-refractivity contribution in [1.82, 2.24) is 15.2 Å². The summed E-state index contributed by atoms with van der Waals surface area (Å²) < 4.78 is 0. The minimum Gasteiger partial charge on any atom is -0.282 e. The molecule has 2 heterocycles. The van der Waals surface area contributed by atoms with Crippen molar-refractivity contribution in [3.63, 3.8) is 0 Å². The minimum absolute atomic E-state index is 0.958. The Labute approximate surface area is 93.2 Å². The average Bonchev–Trinajstić information content (AvgIpc) is 2.72. The van der Waals surface area contributed by atoms with Crippen molar-refractivity contribution in [3.05, 3.63) is 48.3 Å². The molecule has 0 aliphatic rings. The van der Waals surface area contributed by atoms with E-state index >= 15 is 0 Å². The number of aromatic amines is 1. The smallest absolute Gasteiger partial charge is 0.0960 e. The number of hydrogen-bond acceptors (Lipinski definition) is 2. The molecule has 0 saturated heterocycles. The van der Waals surface area contributed by atoms with E-state index in [2.05, 4.69) is 15.2 Å². The fraction of sp³-hybridized carbons (Fsp3) is 0.0769. The molecule has 3 aromatic rings. The van der Waals surface area contributed by atoms with Crippen molar-refractivity contribution in [2.75, 3.05) is 0 Å². The van der Waals surface area contributed by atoms with E-state index in [-0.39, 0.29) is 0 Å². The number of rotatable bonds is 1. The monoisotopic (exact) mass is 209 g/mol. The average molecular weight is 209 g/mol. The molecule has 16 heavy (non-hydrogen) atoms.